The molecule has 0 unspecified atom stereocenters. The average molecular weight is 279 g/mol. The molecule has 4 nitrogen and oxygen atoms in total. The molecule has 2 rings (SSSR count). The van der Waals surface area contributed by atoms with Crippen LogP contribution in [0, 0.1) is 5.41 Å². The van der Waals surface area contributed by atoms with Crippen molar-refractivity contribution >= 4 is 18.3 Å². The van der Waals surface area contributed by atoms with E-state index in [1.54, 1.807) is 25.4 Å². The molecule has 1 aromatic heterocycles. The highest BCUT2D eigenvalue weighted by Gasteiger charge is 2.04. The highest BCUT2D eigenvalue weighted by atomic mass is 35.5. The van der Waals surface area contributed by atoms with Gasteiger partial charge in [0.25, 0.3) is 0 Å². The van der Waals surface area contributed by atoms with Crippen molar-refractivity contribution in [3.63, 3.8) is 0 Å². The Bertz CT molecular complexity index is 556. The highest BCUT2D eigenvalue weighted by Crippen LogP contribution is 2.10. The maximum Gasteiger partial charge on any atom is 0.177 e. The van der Waals surface area contributed by atoms with E-state index in [0.29, 0.717) is 12.1 Å². The van der Waals surface area contributed by atoms with Crippen molar-refractivity contribution in [2.45, 2.75) is 6.54 Å². The van der Waals surface area contributed by atoms with Gasteiger partial charge in [0.15, 0.2) is 18.9 Å². The fraction of sp³-hybridized carbons (Fsp3) is 0.143. The van der Waals surface area contributed by atoms with Crippen LogP contribution in [-0.4, -0.2) is 13.0 Å². The SMILES string of the molecule is COc1ccc(C[n+]2cccc(C(=N)[O-])c2)cc1.Cl. The Balaban J connectivity index is 0.00000180. The van der Waals surface area contributed by atoms with Crippen molar-refractivity contribution in [3.8, 4) is 5.75 Å². The van der Waals surface area contributed by atoms with Crippen LogP contribution in [0.25, 0.3) is 0 Å². The summed E-state index contributed by atoms with van der Waals surface area (Å²) in [6.45, 7) is 0.658. The molecule has 0 bridgehead atoms. The normalized spacial score (nSPS) is 9.53. The van der Waals surface area contributed by atoms with Crippen molar-refractivity contribution in [2.75, 3.05) is 7.11 Å². The molecule has 1 heterocycles. The molecule has 2 aromatic rings. The van der Waals surface area contributed by atoms with Gasteiger partial charge in [-0.25, -0.2) is 4.57 Å². The number of aromatic nitrogens is 1. The van der Waals surface area contributed by atoms with Gasteiger partial charge in [-0.2, -0.15) is 0 Å². The molecule has 0 aliphatic heterocycles. The lowest BCUT2D eigenvalue weighted by Crippen LogP contribution is -2.35. The summed E-state index contributed by atoms with van der Waals surface area (Å²) in [5.41, 5.74) is 1.50. The summed E-state index contributed by atoms with van der Waals surface area (Å²) < 4.78 is 6.97. The van der Waals surface area contributed by atoms with E-state index in [0.717, 1.165) is 11.3 Å². The van der Waals surface area contributed by atoms with Gasteiger partial charge in [0.1, 0.15) is 5.75 Å². The van der Waals surface area contributed by atoms with Crippen molar-refractivity contribution in [2.24, 2.45) is 0 Å². The number of hydrogen-bond acceptors (Lipinski definition) is 3. The van der Waals surface area contributed by atoms with Crippen molar-refractivity contribution in [3.05, 3.63) is 59.9 Å². The number of nitrogens with zero attached hydrogens (tertiary/aromatic N) is 1. The number of hydrogen-bond donors (Lipinski definition) is 1. The molecule has 1 aromatic carbocycles. The number of halogens is 1. The van der Waals surface area contributed by atoms with E-state index >= 15 is 0 Å². The number of benzene rings is 1. The zero-order chi connectivity index (χ0) is 13.0. The van der Waals surface area contributed by atoms with Gasteiger partial charge in [0, 0.05) is 17.2 Å². The molecule has 100 valence electrons. The minimum Gasteiger partial charge on any atom is -0.859 e. The third-order valence-corrected chi connectivity index (χ3v) is 2.64. The number of nitrogens with one attached hydrogen (secondary N) is 1. The van der Waals surface area contributed by atoms with Gasteiger partial charge in [-0.1, -0.05) is 0 Å². The molecule has 0 fully saturated rings. The maximum atomic E-state index is 11.0. The van der Waals surface area contributed by atoms with Gasteiger partial charge in [0.05, 0.1) is 7.11 Å². The lowest BCUT2D eigenvalue weighted by molar-refractivity contribution is -0.688. The first-order chi connectivity index (χ1) is 8.69. The topological polar surface area (TPSA) is 60.0 Å². The Kier molecular flexibility index (Phi) is 5.33. The lowest BCUT2D eigenvalue weighted by atomic mass is 10.2. The predicted molar refractivity (Wildman–Crippen MR) is 72.8 cm³/mol. The van der Waals surface area contributed by atoms with Gasteiger partial charge >= 0.3 is 0 Å². The van der Waals surface area contributed by atoms with E-state index in [2.05, 4.69) is 0 Å². The summed E-state index contributed by atoms with van der Waals surface area (Å²) in [6, 6.07) is 11.2. The molecule has 0 aliphatic rings. The van der Waals surface area contributed by atoms with Crippen molar-refractivity contribution < 1.29 is 14.4 Å². The second-order valence-corrected chi connectivity index (χ2v) is 3.94. The minimum atomic E-state index is -0.668. The molecule has 0 saturated heterocycles. The highest BCUT2D eigenvalue weighted by molar-refractivity contribution is 5.87. The van der Waals surface area contributed by atoms with E-state index in [9.17, 15) is 5.11 Å². The zero-order valence-corrected chi connectivity index (χ0v) is 11.3. The maximum absolute atomic E-state index is 11.0. The van der Waals surface area contributed by atoms with Gasteiger partial charge in [0.2, 0.25) is 0 Å². The summed E-state index contributed by atoms with van der Waals surface area (Å²) in [5.74, 6) is 0.151. The van der Waals surface area contributed by atoms with E-state index in [-0.39, 0.29) is 12.4 Å². The molecule has 5 heteroatoms. The Labute approximate surface area is 118 Å². The number of rotatable bonds is 4. The van der Waals surface area contributed by atoms with Crippen LogP contribution in [0.3, 0.4) is 0 Å². The molecule has 1 N–H and O–H groups in total. The first kappa shape index (κ1) is 15.0. The number of pyridine rings is 1. The first-order valence-corrected chi connectivity index (χ1v) is 5.57. The van der Waals surface area contributed by atoms with Crippen LogP contribution in [0.15, 0.2) is 48.8 Å². The quantitative estimate of drug-likeness (QED) is 0.518. The van der Waals surface area contributed by atoms with E-state index in [1.165, 1.54) is 0 Å². The monoisotopic (exact) mass is 278 g/mol. The zero-order valence-electron chi connectivity index (χ0n) is 10.5. The number of ether oxygens (including phenoxy) is 1. The second-order valence-electron chi connectivity index (χ2n) is 3.94. The van der Waals surface area contributed by atoms with Crippen LogP contribution in [-0.2, 0) is 6.54 Å². The van der Waals surface area contributed by atoms with Gasteiger partial charge in [-0.15, -0.1) is 12.4 Å². The second kappa shape index (κ2) is 6.75. The smallest absolute Gasteiger partial charge is 0.177 e. The first-order valence-electron chi connectivity index (χ1n) is 5.57. The molecule has 0 spiro atoms. The van der Waals surface area contributed by atoms with E-state index < -0.39 is 5.90 Å². The molecule has 0 aliphatic carbocycles. The fourth-order valence-corrected chi connectivity index (χ4v) is 1.70. The van der Waals surface area contributed by atoms with E-state index in [1.807, 2.05) is 35.0 Å². The van der Waals surface area contributed by atoms with Crippen LogP contribution >= 0.6 is 12.4 Å². The van der Waals surface area contributed by atoms with Gasteiger partial charge in [-0.3, -0.25) is 0 Å². The molecule has 19 heavy (non-hydrogen) atoms. The summed E-state index contributed by atoms with van der Waals surface area (Å²) in [7, 11) is 1.63. The van der Waals surface area contributed by atoms with Crippen molar-refractivity contribution in [1.82, 2.24) is 0 Å². The van der Waals surface area contributed by atoms with Crippen LogP contribution < -0.4 is 14.4 Å². The summed E-state index contributed by atoms with van der Waals surface area (Å²) in [5, 5.41) is 18.0. The standard InChI is InChI=1S/C14H14N2O2.ClH/c1-18-13-6-4-11(5-7-13)9-16-8-2-3-12(10-16)14(15)17;/h2-8,10H,9H2,1H3,(H-,15,17);1H. The Morgan fingerprint density at radius 3 is 2.53 bits per heavy atom. The molecule has 0 saturated carbocycles. The van der Waals surface area contributed by atoms with E-state index in [4.69, 9.17) is 10.1 Å². The summed E-state index contributed by atoms with van der Waals surface area (Å²) in [6.07, 6.45) is 3.55. The Morgan fingerprint density at radius 1 is 1.26 bits per heavy atom. The third kappa shape index (κ3) is 3.96. The molecular formula is C14H15ClN2O2. The summed E-state index contributed by atoms with van der Waals surface area (Å²) >= 11 is 0. The average Bonchev–Trinajstić information content (AvgIpc) is 2.40. The molecule has 0 amide bonds. The summed E-state index contributed by atoms with van der Waals surface area (Å²) in [4.78, 5) is 0. The minimum absolute atomic E-state index is 0. The van der Waals surface area contributed by atoms with Crippen LogP contribution in [0.1, 0.15) is 11.1 Å². The largest absolute Gasteiger partial charge is 0.859 e. The molecule has 0 atom stereocenters. The Hall–Kier alpha value is -2.07. The van der Waals surface area contributed by atoms with Crippen LogP contribution in [0.2, 0.25) is 0 Å². The number of methoxy groups -OCH3 is 1. The van der Waals surface area contributed by atoms with Gasteiger partial charge in [-0.05, 0) is 36.2 Å². The van der Waals surface area contributed by atoms with Gasteiger partial charge < -0.3 is 15.3 Å². The lowest BCUT2D eigenvalue weighted by Gasteiger charge is -2.06. The van der Waals surface area contributed by atoms with Crippen LogP contribution in [0.4, 0.5) is 0 Å². The molecule has 0 radical (unpaired) electrons. The predicted octanol–water partition coefficient (Wildman–Crippen LogP) is 1.14. The van der Waals surface area contributed by atoms with Crippen molar-refractivity contribution in [1.29, 1.82) is 5.41 Å². The Morgan fingerprint density at radius 2 is 1.95 bits per heavy atom. The molecular weight excluding hydrogens is 264 g/mol. The fourth-order valence-electron chi connectivity index (χ4n) is 1.70. The third-order valence-electron chi connectivity index (χ3n) is 2.64. The van der Waals surface area contributed by atoms with Crippen LogP contribution in [0.5, 0.6) is 5.75 Å².